The zero-order valence-corrected chi connectivity index (χ0v) is 11.7. The minimum Gasteiger partial charge on any atom is -0.490 e. The summed E-state index contributed by atoms with van der Waals surface area (Å²) < 4.78 is 11.4. The number of rotatable bonds is 7. The molecule has 4 heteroatoms. The molecule has 2 rings (SSSR count). The van der Waals surface area contributed by atoms with Gasteiger partial charge in [-0.15, -0.1) is 0 Å². The molecule has 20 heavy (non-hydrogen) atoms. The predicted octanol–water partition coefficient (Wildman–Crippen LogP) is 2.91. The van der Waals surface area contributed by atoms with Crippen molar-refractivity contribution in [1.29, 1.82) is 0 Å². The molecule has 0 amide bonds. The molecule has 0 unspecified atom stereocenters. The van der Waals surface area contributed by atoms with Gasteiger partial charge in [-0.2, -0.15) is 0 Å². The van der Waals surface area contributed by atoms with E-state index in [4.69, 9.17) is 15.2 Å². The van der Waals surface area contributed by atoms with E-state index in [2.05, 4.69) is 11.9 Å². The number of benzene rings is 1. The monoisotopic (exact) mass is 272 g/mol. The Morgan fingerprint density at radius 1 is 0.950 bits per heavy atom. The van der Waals surface area contributed by atoms with Crippen LogP contribution in [0.4, 0.5) is 0 Å². The Morgan fingerprint density at radius 3 is 2.35 bits per heavy atom. The van der Waals surface area contributed by atoms with Crippen LogP contribution in [0.25, 0.3) is 0 Å². The molecule has 2 aromatic rings. The first-order valence-electron chi connectivity index (χ1n) is 6.83. The summed E-state index contributed by atoms with van der Waals surface area (Å²) in [5.74, 6) is 1.50. The number of pyridine rings is 1. The molecule has 0 spiro atoms. The second kappa shape index (κ2) is 7.50. The van der Waals surface area contributed by atoms with Crippen LogP contribution in [0.3, 0.4) is 0 Å². The standard InChI is InChI=1S/C16H20N2O2/c1-2-10-19-15-8-3-4-9-16(15)20-12-14-7-5-6-13(11-17)18-14/h3-9H,2,10-12,17H2,1H3. The topological polar surface area (TPSA) is 57.4 Å². The number of nitrogens with zero attached hydrogens (tertiary/aromatic N) is 1. The summed E-state index contributed by atoms with van der Waals surface area (Å²) in [5, 5.41) is 0. The first-order chi connectivity index (χ1) is 9.83. The first kappa shape index (κ1) is 14.3. The Morgan fingerprint density at radius 2 is 1.65 bits per heavy atom. The first-order valence-corrected chi connectivity index (χ1v) is 6.83. The second-order valence-electron chi connectivity index (χ2n) is 4.41. The number of hydrogen-bond donors (Lipinski definition) is 1. The fraction of sp³-hybridized carbons (Fsp3) is 0.312. The van der Waals surface area contributed by atoms with Crippen molar-refractivity contribution < 1.29 is 9.47 Å². The molecule has 1 aromatic carbocycles. The highest BCUT2D eigenvalue weighted by Gasteiger charge is 2.05. The van der Waals surface area contributed by atoms with Gasteiger partial charge in [-0.3, -0.25) is 4.98 Å². The van der Waals surface area contributed by atoms with Crippen LogP contribution in [0.1, 0.15) is 24.7 Å². The van der Waals surface area contributed by atoms with Crippen LogP contribution < -0.4 is 15.2 Å². The lowest BCUT2D eigenvalue weighted by atomic mass is 10.3. The van der Waals surface area contributed by atoms with Crippen LogP contribution in [0.2, 0.25) is 0 Å². The van der Waals surface area contributed by atoms with Gasteiger partial charge in [-0.05, 0) is 30.7 Å². The Bertz CT molecular complexity index is 544. The van der Waals surface area contributed by atoms with E-state index in [1.807, 2.05) is 42.5 Å². The van der Waals surface area contributed by atoms with E-state index >= 15 is 0 Å². The Hall–Kier alpha value is -2.07. The fourth-order valence-electron chi connectivity index (χ4n) is 1.78. The predicted molar refractivity (Wildman–Crippen MR) is 78.7 cm³/mol. The van der Waals surface area contributed by atoms with Gasteiger partial charge in [0, 0.05) is 6.54 Å². The molecular weight excluding hydrogens is 252 g/mol. The number of para-hydroxylation sites is 2. The molecule has 0 fully saturated rings. The van der Waals surface area contributed by atoms with Gasteiger partial charge in [0.2, 0.25) is 0 Å². The third-order valence-electron chi connectivity index (χ3n) is 2.76. The third-order valence-corrected chi connectivity index (χ3v) is 2.76. The third kappa shape index (κ3) is 3.96. The van der Waals surface area contributed by atoms with E-state index < -0.39 is 0 Å². The smallest absolute Gasteiger partial charge is 0.161 e. The molecule has 1 heterocycles. The van der Waals surface area contributed by atoms with Gasteiger partial charge in [-0.1, -0.05) is 25.1 Å². The molecule has 0 aliphatic carbocycles. The minimum atomic E-state index is 0.403. The van der Waals surface area contributed by atoms with E-state index in [1.165, 1.54) is 0 Å². The highest BCUT2D eigenvalue weighted by atomic mass is 16.5. The van der Waals surface area contributed by atoms with Crippen molar-refractivity contribution in [3.63, 3.8) is 0 Å². The highest BCUT2D eigenvalue weighted by Crippen LogP contribution is 2.27. The van der Waals surface area contributed by atoms with Crippen molar-refractivity contribution in [3.8, 4) is 11.5 Å². The molecule has 0 bridgehead atoms. The van der Waals surface area contributed by atoms with E-state index in [0.29, 0.717) is 19.8 Å². The highest BCUT2D eigenvalue weighted by molar-refractivity contribution is 5.39. The maximum Gasteiger partial charge on any atom is 0.161 e. The average Bonchev–Trinajstić information content (AvgIpc) is 2.52. The lowest BCUT2D eigenvalue weighted by Gasteiger charge is -2.12. The lowest BCUT2D eigenvalue weighted by Crippen LogP contribution is -2.05. The van der Waals surface area contributed by atoms with Crippen molar-refractivity contribution in [3.05, 3.63) is 53.9 Å². The summed E-state index contributed by atoms with van der Waals surface area (Å²) in [5.41, 5.74) is 7.30. The number of ether oxygens (including phenoxy) is 2. The van der Waals surface area contributed by atoms with E-state index in [9.17, 15) is 0 Å². The molecule has 0 aliphatic rings. The molecule has 106 valence electrons. The molecule has 1 aromatic heterocycles. The second-order valence-corrected chi connectivity index (χ2v) is 4.41. The summed E-state index contributed by atoms with van der Waals surface area (Å²) in [7, 11) is 0. The Labute approximate surface area is 119 Å². The summed E-state index contributed by atoms with van der Waals surface area (Å²) in [6.07, 6.45) is 0.967. The maximum absolute atomic E-state index is 5.79. The minimum absolute atomic E-state index is 0.403. The zero-order valence-electron chi connectivity index (χ0n) is 11.7. The molecule has 0 atom stereocenters. The molecule has 0 saturated carbocycles. The average molecular weight is 272 g/mol. The Kier molecular flexibility index (Phi) is 5.38. The van der Waals surface area contributed by atoms with Gasteiger partial charge in [0.05, 0.1) is 18.0 Å². The molecule has 4 nitrogen and oxygen atoms in total. The SMILES string of the molecule is CCCOc1ccccc1OCc1cccc(CN)n1. The van der Waals surface area contributed by atoms with Gasteiger partial charge in [0.15, 0.2) is 11.5 Å². The summed E-state index contributed by atoms with van der Waals surface area (Å²) >= 11 is 0. The maximum atomic E-state index is 5.79. The van der Waals surface area contributed by atoms with Crippen LogP contribution in [-0.2, 0) is 13.2 Å². The fourth-order valence-corrected chi connectivity index (χ4v) is 1.78. The van der Waals surface area contributed by atoms with Gasteiger partial charge in [0.1, 0.15) is 6.61 Å². The molecule has 0 saturated heterocycles. The van der Waals surface area contributed by atoms with Crippen LogP contribution >= 0.6 is 0 Å². The summed E-state index contributed by atoms with van der Waals surface area (Å²) in [4.78, 5) is 4.41. The van der Waals surface area contributed by atoms with Crippen molar-refractivity contribution in [2.75, 3.05) is 6.61 Å². The van der Waals surface area contributed by atoms with E-state index in [-0.39, 0.29) is 0 Å². The normalized spacial score (nSPS) is 10.3. The lowest BCUT2D eigenvalue weighted by molar-refractivity contribution is 0.259. The Balaban J connectivity index is 2.02. The van der Waals surface area contributed by atoms with Gasteiger partial charge in [0.25, 0.3) is 0 Å². The number of aromatic nitrogens is 1. The van der Waals surface area contributed by atoms with Gasteiger partial charge in [-0.25, -0.2) is 0 Å². The zero-order chi connectivity index (χ0) is 14.2. The summed E-state index contributed by atoms with van der Waals surface area (Å²) in [6, 6.07) is 13.4. The molecular formula is C16H20N2O2. The summed E-state index contributed by atoms with van der Waals surface area (Å²) in [6.45, 7) is 3.59. The number of nitrogens with two attached hydrogens (primary N) is 1. The van der Waals surface area contributed by atoms with E-state index in [0.717, 1.165) is 29.3 Å². The van der Waals surface area contributed by atoms with Crippen molar-refractivity contribution in [2.24, 2.45) is 5.73 Å². The van der Waals surface area contributed by atoms with Gasteiger partial charge < -0.3 is 15.2 Å². The van der Waals surface area contributed by atoms with Crippen molar-refractivity contribution in [1.82, 2.24) is 4.98 Å². The van der Waals surface area contributed by atoms with Crippen molar-refractivity contribution in [2.45, 2.75) is 26.5 Å². The quantitative estimate of drug-likeness (QED) is 0.842. The van der Waals surface area contributed by atoms with Crippen LogP contribution in [0.5, 0.6) is 11.5 Å². The van der Waals surface area contributed by atoms with Crippen LogP contribution in [-0.4, -0.2) is 11.6 Å². The van der Waals surface area contributed by atoms with Crippen LogP contribution in [0, 0.1) is 0 Å². The van der Waals surface area contributed by atoms with Crippen molar-refractivity contribution >= 4 is 0 Å². The van der Waals surface area contributed by atoms with E-state index in [1.54, 1.807) is 0 Å². The number of hydrogen-bond acceptors (Lipinski definition) is 4. The van der Waals surface area contributed by atoms with Gasteiger partial charge >= 0.3 is 0 Å². The van der Waals surface area contributed by atoms with Crippen LogP contribution in [0.15, 0.2) is 42.5 Å². The molecule has 2 N–H and O–H groups in total. The molecule has 0 radical (unpaired) electrons. The molecule has 0 aliphatic heterocycles. The largest absolute Gasteiger partial charge is 0.490 e.